The molecule has 2 amide bonds. The van der Waals surface area contributed by atoms with Crippen molar-refractivity contribution in [2.75, 3.05) is 35.9 Å². The van der Waals surface area contributed by atoms with E-state index in [4.69, 9.17) is 37.4 Å². The van der Waals surface area contributed by atoms with Crippen LogP contribution in [0.5, 0.6) is 0 Å². The minimum absolute atomic E-state index is 0.0102. The number of benzene rings is 2. The number of sulfonamides is 1. The lowest BCUT2D eigenvalue weighted by molar-refractivity contribution is -0.152. The molecule has 17 heteroatoms. The van der Waals surface area contributed by atoms with Gasteiger partial charge >= 0.3 is 18.2 Å². The molecule has 0 saturated heterocycles. The second-order valence-electron chi connectivity index (χ2n) is 15.4. The summed E-state index contributed by atoms with van der Waals surface area (Å²) in [7, 11) is -2.81. The van der Waals surface area contributed by atoms with Crippen molar-refractivity contribution in [3.05, 3.63) is 71.0 Å². The number of esters is 1. The fourth-order valence-electron chi connectivity index (χ4n) is 4.97. The number of hydrogen-bond acceptors (Lipinski definition) is 10. The third kappa shape index (κ3) is 11.2. The zero-order valence-corrected chi connectivity index (χ0v) is 34.3. The average Bonchev–Trinajstić information content (AvgIpc) is 3.44. The Bertz CT molecular complexity index is 2120. The van der Waals surface area contributed by atoms with Crippen LogP contribution in [0, 0.1) is 0 Å². The Kier molecular flexibility index (Phi) is 12.5. The molecule has 2 aromatic carbocycles. The number of carbonyl (C=O) groups is 3. The number of halogens is 2. The largest absolute Gasteiger partial charge is 0.459 e. The van der Waals surface area contributed by atoms with Crippen molar-refractivity contribution in [1.82, 2.24) is 19.4 Å². The zero-order valence-electron chi connectivity index (χ0n) is 32.0. The molecular weight excluding hydrogens is 759 g/mol. The van der Waals surface area contributed by atoms with Gasteiger partial charge in [-0.1, -0.05) is 23.2 Å². The molecule has 2 aromatic heterocycles. The molecule has 0 radical (unpaired) electrons. The topological polar surface area (TPSA) is 153 Å². The van der Waals surface area contributed by atoms with Gasteiger partial charge in [-0.2, -0.15) is 4.98 Å². The number of likely N-dealkylation sites (N-methyl/N-ethyl adjacent to an activating group) is 1. The van der Waals surface area contributed by atoms with E-state index < -0.39 is 51.5 Å². The first-order valence-electron chi connectivity index (χ1n) is 16.9. The summed E-state index contributed by atoms with van der Waals surface area (Å²) in [4.78, 5) is 50.5. The van der Waals surface area contributed by atoms with Crippen molar-refractivity contribution in [2.45, 2.75) is 84.0 Å². The van der Waals surface area contributed by atoms with Gasteiger partial charge in [0.05, 0.1) is 22.6 Å². The van der Waals surface area contributed by atoms with E-state index in [0.29, 0.717) is 16.7 Å². The molecule has 0 spiro atoms. The monoisotopic (exact) mass is 804 g/mol. The standard InChI is InChI=1S/C37H46Cl2N6O8S/c1-35(2,3)51-31(46)23-45(54(49,50)28-21-25(38)20-26(39)22-28)27-11-12-29-24(19-27)14-16-43(29)30-13-15-40-32(41-30)44(34(48)53-37(7,8)9)18-17-42(10)33(47)52-36(4,5)6/h11-16,19-22H,17-18,23H2,1-10H3. The number of fused-ring (bicyclic) bond motifs is 1. The summed E-state index contributed by atoms with van der Waals surface area (Å²) in [6, 6.07) is 12.1. The number of carbonyl (C=O) groups excluding carboxylic acids is 3. The van der Waals surface area contributed by atoms with Gasteiger partial charge in [-0.15, -0.1) is 0 Å². The lowest BCUT2D eigenvalue weighted by Gasteiger charge is -2.29. The normalized spacial score (nSPS) is 12.3. The van der Waals surface area contributed by atoms with E-state index in [-0.39, 0.29) is 39.7 Å². The highest BCUT2D eigenvalue weighted by Crippen LogP contribution is 2.32. The van der Waals surface area contributed by atoms with Gasteiger partial charge in [0.1, 0.15) is 29.2 Å². The lowest BCUT2D eigenvalue weighted by Crippen LogP contribution is -2.44. The first-order valence-corrected chi connectivity index (χ1v) is 19.1. The summed E-state index contributed by atoms with van der Waals surface area (Å²) in [5, 5.41) is 0.815. The fourth-order valence-corrected chi connectivity index (χ4v) is 7.10. The SMILES string of the molecule is CN(CCN(C(=O)OC(C)(C)C)c1nccc(-n2ccc3cc(N(CC(=O)OC(C)(C)C)S(=O)(=O)c4cc(Cl)cc(Cl)c4)ccc32)n1)C(=O)OC(C)(C)C. The van der Waals surface area contributed by atoms with Crippen LogP contribution < -0.4 is 9.21 Å². The van der Waals surface area contributed by atoms with E-state index >= 15 is 0 Å². The van der Waals surface area contributed by atoms with E-state index in [1.54, 1.807) is 110 Å². The summed E-state index contributed by atoms with van der Waals surface area (Å²) in [6.07, 6.45) is 1.93. The van der Waals surface area contributed by atoms with E-state index in [1.807, 2.05) is 0 Å². The Morgan fingerprint density at radius 2 is 1.37 bits per heavy atom. The van der Waals surface area contributed by atoms with E-state index in [1.165, 1.54) is 34.2 Å². The van der Waals surface area contributed by atoms with Crippen LogP contribution in [-0.2, 0) is 29.0 Å². The maximum Gasteiger partial charge on any atom is 0.417 e. The van der Waals surface area contributed by atoms with Crippen LogP contribution in [0.4, 0.5) is 21.2 Å². The van der Waals surface area contributed by atoms with E-state index in [0.717, 1.165) is 4.31 Å². The third-order valence-corrected chi connectivity index (χ3v) is 9.36. The molecule has 54 heavy (non-hydrogen) atoms. The van der Waals surface area contributed by atoms with E-state index in [2.05, 4.69) is 9.97 Å². The molecule has 0 unspecified atom stereocenters. The van der Waals surface area contributed by atoms with Crippen molar-refractivity contribution in [3.63, 3.8) is 0 Å². The van der Waals surface area contributed by atoms with Crippen LogP contribution in [0.15, 0.2) is 65.8 Å². The van der Waals surface area contributed by atoms with Crippen LogP contribution >= 0.6 is 23.2 Å². The molecule has 0 bridgehead atoms. The number of hydrogen-bond donors (Lipinski definition) is 0. The van der Waals surface area contributed by atoms with Gasteiger partial charge in [0.15, 0.2) is 0 Å². The molecule has 0 N–H and O–H groups in total. The highest BCUT2D eigenvalue weighted by Gasteiger charge is 2.31. The van der Waals surface area contributed by atoms with Gasteiger partial charge in [0.25, 0.3) is 10.0 Å². The van der Waals surface area contributed by atoms with Crippen LogP contribution in [0.3, 0.4) is 0 Å². The van der Waals surface area contributed by atoms with Crippen molar-refractivity contribution < 1.29 is 37.0 Å². The minimum atomic E-state index is -4.37. The minimum Gasteiger partial charge on any atom is -0.459 e. The van der Waals surface area contributed by atoms with Gasteiger partial charge < -0.3 is 23.7 Å². The molecule has 0 aliphatic heterocycles. The van der Waals surface area contributed by atoms with Gasteiger partial charge in [-0.25, -0.2) is 27.9 Å². The third-order valence-electron chi connectivity index (χ3n) is 7.17. The van der Waals surface area contributed by atoms with Gasteiger partial charge in [0.2, 0.25) is 5.95 Å². The summed E-state index contributed by atoms with van der Waals surface area (Å²) in [5.41, 5.74) is -1.60. The Balaban J connectivity index is 1.72. The first kappa shape index (κ1) is 42.1. The lowest BCUT2D eigenvalue weighted by atomic mass is 10.2. The van der Waals surface area contributed by atoms with Crippen molar-refractivity contribution in [2.24, 2.45) is 0 Å². The fraction of sp³-hybridized carbons (Fsp3) is 0.432. The molecule has 0 aliphatic carbocycles. The number of aromatic nitrogens is 3. The molecule has 2 heterocycles. The molecule has 14 nitrogen and oxygen atoms in total. The number of amides is 2. The number of ether oxygens (including phenoxy) is 3. The predicted octanol–water partition coefficient (Wildman–Crippen LogP) is 7.87. The Labute approximate surface area is 325 Å². The quantitative estimate of drug-likeness (QED) is 0.114. The number of anilines is 2. The van der Waals surface area contributed by atoms with Crippen LogP contribution in [0.2, 0.25) is 10.0 Å². The molecule has 4 aromatic rings. The second-order valence-corrected chi connectivity index (χ2v) is 18.1. The van der Waals surface area contributed by atoms with Gasteiger partial charge in [0, 0.05) is 41.4 Å². The summed E-state index contributed by atoms with van der Waals surface area (Å²) >= 11 is 12.3. The predicted molar refractivity (Wildman–Crippen MR) is 208 cm³/mol. The Morgan fingerprint density at radius 3 is 1.96 bits per heavy atom. The summed E-state index contributed by atoms with van der Waals surface area (Å²) in [6.45, 7) is 15.0. The van der Waals surface area contributed by atoms with Crippen LogP contribution in [-0.4, -0.2) is 89.5 Å². The molecular formula is C37H46Cl2N6O8S. The molecule has 0 saturated carbocycles. The highest BCUT2D eigenvalue weighted by atomic mass is 35.5. The smallest absolute Gasteiger partial charge is 0.417 e. The Hall–Kier alpha value is -4.60. The van der Waals surface area contributed by atoms with Crippen LogP contribution in [0.25, 0.3) is 16.7 Å². The molecule has 0 fully saturated rings. The highest BCUT2D eigenvalue weighted by molar-refractivity contribution is 7.92. The van der Waals surface area contributed by atoms with Crippen LogP contribution in [0.1, 0.15) is 62.3 Å². The average molecular weight is 806 g/mol. The van der Waals surface area contributed by atoms with Gasteiger partial charge in [-0.05, 0) is 111 Å². The number of nitrogens with zero attached hydrogens (tertiary/aromatic N) is 6. The van der Waals surface area contributed by atoms with E-state index in [9.17, 15) is 22.8 Å². The number of rotatable bonds is 10. The van der Waals surface area contributed by atoms with Crippen molar-refractivity contribution in [3.8, 4) is 5.82 Å². The molecule has 4 rings (SSSR count). The molecule has 0 atom stereocenters. The maximum atomic E-state index is 14.0. The summed E-state index contributed by atoms with van der Waals surface area (Å²) < 4.78 is 47.3. The molecule has 0 aliphatic rings. The summed E-state index contributed by atoms with van der Waals surface area (Å²) in [5.74, 6) is -0.367. The van der Waals surface area contributed by atoms with Gasteiger partial charge in [-0.3, -0.25) is 9.10 Å². The molecule has 292 valence electrons. The van der Waals surface area contributed by atoms with Crippen molar-refractivity contribution in [1.29, 1.82) is 0 Å². The second kappa shape index (κ2) is 16.0. The van der Waals surface area contributed by atoms with Crippen molar-refractivity contribution >= 4 is 73.9 Å². The first-order chi connectivity index (χ1) is 24.8. The maximum absolute atomic E-state index is 14.0. The Morgan fingerprint density at radius 1 is 0.778 bits per heavy atom. The zero-order chi connectivity index (χ0) is 40.4.